The van der Waals surface area contributed by atoms with Gasteiger partial charge in [0.1, 0.15) is 5.75 Å². The third kappa shape index (κ3) is 3.70. The van der Waals surface area contributed by atoms with Crippen LogP contribution in [0.25, 0.3) is 0 Å². The van der Waals surface area contributed by atoms with Crippen molar-refractivity contribution in [3.05, 3.63) is 29.3 Å². The van der Waals surface area contributed by atoms with Crippen LogP contribution in [0.3, 0.4) is 0 Å². The van der Waals surface area contributed by atoms with Crippen molar-refractivity contribution in [3.63, 3.8) is 0 Å². The zero-order chi connectivity index (χ0) is 13.8. The molecule has 3 heteroatoms. The van der Waals surface area contributed by atoms with Crippen molar-refractivity contribution < 1.29 is 4.74 Å². The molecule has 1 heterocycles. The minimum Gasteiger partial charge on any atom is -0.493 e. The number of rotatable bonds is 6. The van der Waals surface area contributed by atoms with E-state index < -0.39 is 0 Å². The van der Waals surface area contributed by atoms with E-state index in [1.165, 1.54) is 36.8 Å². The lowest BCUT2D eigenvalue weighted by Gasteiger charge is -2.14. The molecule has 2 aliphatic rings. The summed E-state index contributed by atoms with van der Waals surface area (Å²) in [4.78, 5) is 0. The monoisotopic (exact) mass is 291 g/mol. The first-order chi connectivity index (χ1) is 9.81. The third-order valence-corrected chi connectivity index (χ3v) is 5.97. The van der Waals surface area contributed by atoms with Crippen LogP contribution >= 0.6 is 11.8 Å². The molecule has 0 spiro atoms. The predicted molar refractivity (Wildman–Crippen MR) is 86.7 cm³/mol. The molecule has 0 saturated heterocycles. The van der Waals surface area contributed by atoms with E-state index in [0.717, 1.165) is 42.6 Å². The number of aryl methyl sites for hydroxylation is 1. The van der Waals surface area contributed by atoms with E-state index in [4.69, 9.17) is 10.5 Å². The molecular formula is C17H25NOS. The Labute approximate surface area is 126 Å². The minimum absolute atomic E-state index is 0.338. The normalized spacial score (nSPS) is 19.9. The van der Waals surface area contributed by atoms with Gasteiger partial charge in [0, 0.05) is 23.5 Å². The smallest absolute Gasteiger partial charge is 0.122 e. The van der Waals surface area contributed by atoms with Crippen LogP contribution in [0, 0.1) is 0 Å². The van der Waals surface area contributed by atoms with Crippen molar-refractivity contribution >= 4 is 11.8 Å². The molecule has 0 aromatic heterocycles. The molecular weight excluding hydrogens is 266 g/mol. The van der Waals surface area contributed by atoms with Crippen LogP contribution in [-0.2, 0) is 12.8 Å². The van der Waals surface area contributed by atoms with Gasteiger partial charge >= 0.3 is 0 Å². The van der Waals surface area contributed by atoms with E-state index in [9.17, 15) is 0 Å². The number of fused-ring (bicyclic) bond motifs is 1. The van der Waals surface area contributed by atoms with Gasteiger partial charge in [-0.05, 0) is 42.9 Å². The predicted octanol–water partition coefficient (Wildman–Crippen LogP) is 3.56. The largest absolute Gasteiger partial charge is 0.493 e. The molecule has 3 rings (SSSR count). The summed E-state index contributed by atoms with van der Waals surface area (Å²) in [6.45, 7) is 0.844. The lowest BCUT2D eigenvalue weighted by atomic mass is 10.0. The van der Waals surface area contributed by atoms with E-state index in [1.54, 1.807) is 0 Å². The van der Waals surface area contributed by atoms with Crippen molar-refractivity contribution in [2.24, 2.45) is 5.73 Å². The highest BCUT2D eigenvalue weighted by Crippen LogP contribution is 2.30. The van der Waals surface area contributed by atoms with E-state index in [-0.39, 0.29) is 0 Å². The molecule has 1 aliphatic heterocycles. The number of hydrogen-bond acceptors (Lipinski definition) is 3. The third-order valence-electron chi connectivity index (χ3n) is 4.41. The van der Waals surface area contributed by atoms with Crippen molar-refractivity contribution in [1.29, 1.82) is 0 Å². The van der Waals surface area contributed by atoms with Gasteiger partial charge in [-0.15, -0.1) is 0 Å². The van der Waals surface area contributed by atoms with Gasteiger partial charge in [-0.3, -0.25) is 0 Å². The fourth-order valence-corrected chi connectivity index (χ4v) is 4.50. The first kappa shape index (κ1) is 14.3. The standard InChI is InChI=1S/C17H25NOS/c18-15(12-20-16-3-1-2-4-16)7-5-13-6-8-17-14(11-13)9-10-19-17/h6,8,11,15-16H,1-5,7,9-10,12,18H2. The van der Waals surface area contributed by atoms with Gasteiger partial charge in [0.2, 0.25) is 0 Å². The first-order valence-electron chi connectivity index (χ1n) is 7.93. The summed E-state index contributed by atoms with van der Waals surface area (Å²) < 4.78 is 5.55. The highest BCUT2D eigenvalue weighted by Gasteiger charge is 2.17. The molecule has 0 bridgehead atoms. The molecule has 1 saturated carbocycles. The van der Waals surface area contributed by atoms with Crippen LogP contribution in [0.5, 0.6) is 5.75 Å². The number of benzene rings is 1. The molecule has 1 aromatic carbocycles. The van der Waals surface area contributed by atoms with Crippen LogP contribution in [0.2, 0.25) is 0 Å². The molecule has 2 nitrogen and oxygen atoms in total. The SMILES string of the molecule is NC(CCc1ccc2c(c1)CCO2)CSC1CCCC1. The maximum atomic E-state index is 6.27. The Morgan fingerprint density at radius 3 is 3.00 bits per heavy atom. The lowest BCUT2D eigenvalue weighted by Crippen LogP contribution is -2.24. The Morgan fingerprint density at radius 2 is 2.15 bits per heavy atom. The van der Waals surface area contributed by atoms with Crippen LogP contribution in [0.1, 0.15) is 43.2 Å². The number of hydrogen-bond donors (Lipinski definition) is 1. The molecule has 0 radical (unpaired) electrons. The van der Waals surface area contributed by atoms with E-state index >= 15 is 0 Å². The quantitative estimate of drug-likeness (QED) is 0.870. The van der Waals surface area contributed by atoms with Crippen molar-refractivity contribution in [2.45, 2.75) is 56.2 Å². The summed E-state index contributed by atoms with van der Waals surface area (Å²) in [5.74, 6) is 2.20. The van der Waals surface area contributed by atoms with Gasteiger partial charge in [-0.2, -0.15) is 11.8 Å². The summed E-state index contributed by atoms with van der Waals surface area (Å²) in [6.07, 6.45) is 8.91. The minimum atomic E-state index is 0.338. The zero-order valence-electron chi connectivity index (χ0n) is 12.1. The topological polar surface area (TPSA) is 35.2 Å². The number of thioether (sulfide) groups is 1. The summed E-state index contributed by atoms with van der Waals surface area (Å²) in [5, 5.41) is 0.887. The Bertz CT molecular complexity index is 443. The maximum absolute atomic E-state index is 6.27. The van der Waals surface area contributed by atoms with E-state index in [0.29, 0.717) is 6.04 Å². The maximum Gasteiger partial charge on any atom is 0.122 e. The Kier molecular flexibility index (Phi) is 4.90. The van der Waals surface area contributed by atoms with Gasteiger partial charge in [0.25, 0.3) is 0 Å². The number of nitrogens with two attached hydrogens (primary N) is 1. The average molecular weight is 291 g/mol. The van der Waals surface area contributed by atoms with Gasteiger partial charge in [-0.1, -0.05) is 25.0 Å². The lowest BCUT2D eigenvalue weighted by molar-refractivity contribution is 0.357. The Balaban J connectivity index is 1.41. The fraction of sp³-hybridized carbons (Fsp3) is 0.647. The summed E-state index contributed by atoms with van der Waals surface area (Å²) in [7, 11) is 0. The van der Waals surface area contributed by atoms with Gasteiger partial charge in [0.15, 0.2) is 0 Å². The molecule has 1 fully saturated rings. The van der Waals surface area contributed by atoms with Crippen molar-refractivity contribution in [2.75, 3.05) is 12.4 Å². The highest BCUT2D eigenvalue weighted by molar-refractivity contribution is 7.99. The van der Waals surface area contributed by atoms with Gasteiger partial charge < -0.3 is 10.5 Å². The molecule has 0 amide bonds. The second-order valence-corrected chi connectivity index (χ2v) is 7.41. The molecule has 1 aliphatic carbocycles. The Morgan fingerprint density at radius 1 is 1.30 bits per heavy atom. The number of ether oxygens (including phenoxy) is 1. The van der Waals surface area contributed by atoms with Crippen LogP contribution < -0.4 is 10.5 Å². The molecule has 1 unspecified atom stereocenters. The second kappa shape index (κ2) is 6.86. The fourth-order valence-electron chi connectivity index (χ4n) is 3.15. The summed E-state index contributed by atoms with van der Waals surface area (Å²) in [5.41, 5.74) is 9.05. The van der Waals surface area contributed by atoms with Crippen molar-refractivity contribution in [3.8, 4) is 5.75 Å². The van der Waals surface area contributed by atoms with E-state index in [1.807, 2.05) is 0 Å². The van der Waals surface area contributed by atoms with E-state index in [2.05, 4.69) is 30.0 Å². The summed E-state index contributed by atoms with van der Waals surface area (Å²) in [6, 6.07) is 6.96. The van der Waals surface area contributed by atoms with Crippen LogP contribution in [0.15, 0.2) is 18.2 Å². The van der Waals surface area contributed by atoms with Gasteiger partial charge in [-0.25, -0.2) is 0 Å². The molecule has 1 atom stereocenters. The average Bonchev–Trinajstić information content (AvgIpc) is 3.13. The highest BCUT2D eigenvalue weighted by atomic mass is 32.2. The van der Waals surface area contributed by atoms with Gasteiger partial charge in [0.05, 0.1) is 6.61 Å². The molecule has 110 valence electrons. The van der Waals surface area contributed by atoms with Crippen molar-refractivity contribution in [1.82, 2.24) is 0 Å². The molecule has 2 N–H and O–H groups in total. The summed E-state index contributed by atoms with van der Waals surface area (Å²) >= 11 is 2.10. The second-order valence-electron chi connectivity index (χ2n) is 6.08. The first-order valence-corrected chi connectivity index (χ1v) is 8.98. The molecule has 1 aromatic rings. The van der Waals surface area contributed by atoms with Crippen LogP contribution in [0.4, 0.5) is 0 Å². The van der Waals surface area contributed by atoms with Crippen LogP contribution in [-0.4, -0.2) is 23.7 Å². The zero-order valence-corrected chi connectivity index (χ0v) is 13.0. The Hall–Kier alpha value is -0.670. The molecule has 20 heavy (non-hydrogen) atoms.